The number of carbonyl (C=O) groups is 2. The molecule has 33 heavy (non-hydrogen) atoms. The first-order chi connectivity index (χ1) is 15.9. The maximum Gasteiger partial charge on any atom is 0.263 e. The number of carbonyl (C=O) groups excluding carboxylic acids is 2. The lowest BCUT2D eigenvalue weighted by Gasteiger charge is -2.08. The molecule has 1 heterocycles. The quantitative estimate of drug-likeness (QED) is 0.453. The van der Waals surface area contributed by atoms with Crippen LogP contribution in [-0.4, -0.2) is 33.3 Å². The summed E-state index contributed by atoms with van der Waals surface area (Å²) in [6.45, 7) is 0.588. The van der Waals surface area contributed by atoms with Crippen molar-refractivity contribution in [3.63, 3.8) is 0 Å². The van der Waals surface area contributed by atoms with Gasteiger partial charge in [0.25, 0.3) is 11.8 Å². The minimum absolute atomic E-state index is 0.147. The van der Waals surface area contributed by atoms with Gasteiger partial charge in [-0.05, 0) is 59.5 Å². The van der Waals surface area contributed by atoms with Crippen LogP contribution >= 0.6 is 15.9 Å². The molecule has 0 radical (unpaired) electrons. The van der Waals surface area contributed by atoms with Crippen molar-refractivity contribution in [3.05, 3.63) is 93.3 Å². The SMILES string of the molecule is O=C(NCCCNC(=O)c1ccc(-c2ccc(Br)cc2)cc1)C1=Cc2ccccc2S1(=O)=O. The summed E-state index contributed by atoms with van der Waals surface area (Å²) in [5, 5.41) is 5.43. The largest absolute Gasteiger partial charge is 0.352 e. The first-order valence-electron chi connectivity index (χ1n) is 10.3. The summed E-state index contributed by atoms with van der Waals surface area (Å²) < 4.78 is 26.0. The van der Waals surface area contributed by atoms with E-state index in [9.17, 15) is 18.0 Å². The first kappa shape index (κ1) is 22.9. The monoisotopic (exact) mass is 524 g/mol. The van der Waals surface area contributed by atoms with Crippen molar-refractivity contribution in [1.29, 1.82) is 0 Å². The van der Waals surface area contributed by atoms with Crippen LogP contribution in [0, 0.1) is 0 Å². The molecule has 0 atom stereocenters. The van der Waals surface area contributed by atoms with Gasteiger partial charge in [0, 0.05) is 23.1 Å². The van der Waals surface area contributed by atoms with Gasteiger partial charge in [-0.25, -0.2) is 8.42 Å². The third kappa shape index (κ3) is 5.07. The second-order valence-electron chi connectivity index (χ2n) is 7.50. The van der Waals surface area contributed by atoms with E-state index in [1.165, 1.54) is 12.1 Å². The summed E-state index contributed by atoms with van der Waals surface area (Å²) in [7, 11) is -3.79. The average molecular weight is 525 g/mol. The van der Waals surface area contributed by atoms with Gasteiger partial charge >= 0.3 is 0 Å². The molecule has 168 valence electrons. The Kier molecular flexibility index (Phi) is 6.76. The zero-order valence-corrected chi connectivity index (χ0v) is 19.9. The maximum absolute atomic E-state index is 12.5. The highest BCUT2D eigenvalue weighted by Crippen LogP contribution is 2.32. The molecule has 0 aromatic heterocycles. The Hall–Kier alpha value is -3.23. The van der Waals surface area contributed by atoms with E-state index in [4.69, 9.17) is 0 Å². The Labute approximate surface area is 200 Å². The molecule has 8 heteroatoms. The van der Waals surface area contributed by atoms with Gasteiger partial charge in [-0.2, -0.15) is 0 Å². The van der Waals surface area contributed by atoms with Gasteiger partial charge in [-0.3, -0.25) is 9.59 Å². The molecule has 0 aliphatic carbocycles. The smallest absolute Gasteiger partial charge is 0.263 e. The molecule has 0 bridgehead atoms. The number of rotatable bonds is 7. The molecule has 0 spiro atoms. The Bertz CT molecular complexity index is 1330. The maximum atomic E-state index is 12.5. The Balaban J connectivity index is 1.24. The van der Waals surface area contributed by atoms with Crippen LogP contribution in [0.3, 0.4) is 0 Å². The third-order valence-corrected chi connectivity index (χ3v) is 7.62. The molecule has 0 fully saturated rings. The summed E-state index contributed by atoms with van der Waals surface area (Å²) in [6.07, 6.45) is 1.86. The summed E-state index contributed by atoms with van der Waals surface area (Å²) in [4.78, 5) is 24.6. The van der Waals surface area contributed by atoms with E-state index < -0.39 is 15.7 Å². The van der Waals surface area contributed by atoms with E-state index in [0.29, 0.717) is 24.1 Å². The van der Waals surface area contributed by atoms with Gasteiger partial charge in [0.1, 0.15) is 4.91 Å². The highest BCUT2D eigenvalue weighted by molar-refractivity contribution is 9.10. The van der Waals surface area contributed by atoms with Crippen LogP contribution in [0.2, 0.25) is 0 Å². The lowest BCUT2D eigenvalue weighted by Crippen LogP contribution is -2.31. The number of hydrogen-bond donors (Lipinski definition) is 2. The zero-order chi connectivity index (χ0) is 23.4. The molecular formula is C25H21BrN2O4S. The van der Waals surface area contributed by atoms with Crippen LogP contribution in [0.1, 0.15) is 22.3 Å². The average Bonchev–Trinajstić information content (AvgIpc) is 3.10. The second-order valence-corrected chi connectivity index (χ2v) is 10.3. The lowest BCUT2D eigenvalue weighted by atomic mass is 10.0. The Morgan fingerprint density at radius 3 is 1.97 bits per heavy atom. The first-order valence-corrected chi connectivity index (χ1v) is 12.6. The van der Waals surface area contributed by atoms with Crippen LogP contribution < -0.4 is 10.6 Å². The summed E-state index contributed by atoms with van der Waals surface area (Å²) in [5.41, 5.74) is 3.13. The van der Waals surface area contributed by atoms with Crippen LogP contribution in [-0.2, 0) is 14.6 Å². The summed E-state index contributed by atoms with van der Waals surface area (Å²) in [5.74, 6) is -0.846. The van der Waals surface area contributed by atoms with E-state index in [1.807, 2.05) is 36.4 Å². The molecular weight excluding hydrogens is 504 g/mol. The number of nitrogens with one attached hydrogen (secondary N) is 2. The van der Waals surface area contributed by atoms with E-state index in [1.54, 1.807) is 30.3 Å². The highest BCUT2D eigenvalue weighted by Gasteiger charge is 2.33. The molecule has 0 saturated heterocycles. The minimum Gasteiger partial charge on any atom is -0.352 e. The summed E-state index contributed by atoms with van der Waals surface area (Å²) >= 11 is 3.41. The zero-order valence-electron chi connectivity index (χ0n) is 17.5. The van der Waals surface area contributed by atoms with Crippen molar-refractivity contribution < 1.29 is 18.0 Å². The molecule has 3 aromatic carbocycles. The number of fused-ring (bicyclic) bond motifs is 1. The van der Waals surface area contributed by atoms with Crippen molar-refractivity contribution in [1.82, 2.24) is 10.6 Å². The van der Waals surface area contributed by atoms with Crippen molar-refractivity contribution in [2.75, 3.05) is 13.1 Å². The molecule has 6 nitrogen and oxygen atoms in total. The Morgan fingerprint density at radius 2 is 1.33 bits per heavy atom. The number of hydrogen-bond acceptors (Lipinski definition) is 4. The van der Waals surface area contributed by atoms with Crippen molar-refractivity contribution in [2.24, 2.45) is 0 Å². The predicted molar refractivity (Wildman–Crippen MR) is 131 cm³/mol. The fourth-order valence-electron chi connectivity index (χ4n) is 3.51. The number of benzene rings is 3. The van der Waals surface area contributed by atoms with E-state index >= 15 is 0 Å². The van der Waals surface area contributed by atoms with Gasteiger partial charge < -0.3 is 10.6 Å². The number of halogens is 1. The minimum atomic E-state index is -3.79. The molecule has 0 unspecified atom stereocenters. The highest BCUT2D eigenvalue weighted by atomic mass is 79.9. The fraction of sp³-hybridized carbons (Fsp3) is 0.120. The Morgan fingerprint density at radius 1 is 0.758 bits per heavy atom. The van der Waals surface area contributed by atoms with Crippen LogP contribution in [0.15, 0.2) is 87.1 Å². The van der Waals surface area contributed by atoms with Crippen molar-refractivity contribution in [3.8, 4) is 11.1 Å². The van der Waals surface area contributed by atoms with Crippen LogP contribution in [0.25, 0.3) is 17.2 Å². The number of sulfone groups is 1. The van der Waals surface area contributed by atoms with Gasteiger partial charge in [-0.1, -0.05) is 58.4 Å². The van der Waals surface area contributed by atoms with E-state index in [2.05, 4.69) is 26.6 Å². The van der Waals surface area contributed by atoms with E-state index in [0.717, 1.165) is 15.6 Å². The third-order valence-electron chi connectivity index (χ3n) is 5.26. The van der Waals surface area contributed by atoms with Crippen LogP contribution in [0.5, 0.6) is 0 Å². The molecule has 2 amide bonds. The van der Waals surface area contributed by atoms with Gasteiger partial charge in [0.2, 0.25) is 9.84 Å². The summed E-state index contributed by atoms with van der Waals surface area (Å²) in [6, 6.07) is 21.8. The van der Waals surface area contributed by atoms with Gasteiger partial charge in [0.05, 0.1) is 4.90 Å². The number of amides is 2. The van der Waals surface area contributed by atoms with E-state index in [-0.39, 0.29) is 22.3 Å². The standard InChI is InChI=1S/C25H21BrN2O4S/c26-21-12-10-18(11-13-21)17-6-8-19(9-7-17)24(29)27-14-3-15-28-25(30)23-16-20-4-1-2-5-22(20)33(23,31)32/h1-2,4-13,16H,3,14-15H2,(H,27,29)(H,28,30). The second kappa shape index (κ2) is 9.72. The lowest BCUT2D eigenvalue weighted by molar-refractivity contribution is -0.116. The van der Waals surface area contributed by atoms with Gasteiger partial charge in [-0.15, -0.1) is 0 Å². The predicted octanol–water partition coefficient (Wildman–Crippen LogP) is 4.18. The van der Waals surface area contributed by atoms with Crippen molar-refractivity contribution in [2.45, 2.75) is 11.3 Å². The normalized spacial score (nSPS) is 13.7. The fourth-order valence-corrected chi connectivity index (χ4v) is 5.30. The molecule has 4 rings (SSSR count). The molecule has 2 N–H and O–H groups in total. The molecule has 1 aliphatic heterocycles. The topological polar surface area (TPSA) is 92.3 Å². The molecule has 1 aliphatic rings. The molecule has 3 aromatic rings. The van der Waals surface area contributed by atoms with Crippen molar-refractivity contribution >= 4 is 43.7 Å². The van der Waals surface area contributed by atoms with Crippen LogP contribution in [0.4, 0.5) is 0 Å². The molecule has 0 saturated carbocycles. The van der Waals surface area contributed by atoms with Gasteiger partial charge in [0.15, 0.2) is 0 Å².